The lowest BCUT2D eigenvalue weighted by Gasteiger charge is -2.32. The highest BCUT2D eigenvalue weighted by atomic mass is 19.1. The van der Waals surface area contributed by atoms with Gasteiger partial charge in [-0.3, -0.25) is 15.0 Å². The van der Waals surface area contributed by atoms with Gasteiger partial charge in [0.05, 0.1) is 24.2 Å². The quantitative estimate of drug-likeness (QED) is 0.579. The number of rotatable bonds is 5. The zero-order valence-electron chi connectivity index (χ0n) is 15.0. The van der Waals surface area contributed by atoms with E-state index in [2.05, 4.69) is 4.90 Å². The molecule has 0 N–H and O–H groups in total. The van der Waals surface area contributed by atoms with Crippen molar-refractivity contribution in [2.45, 2.75) is 6.04 Å². The Morgan fingerprint density at radius 1 is 1.21 bits per heavy atom. The van der Waals surface area contributed by atoms with Crippen molar-refractivity contribution in [3.8, 4) is 11.5 Å². The van der Waals surface area contributed by atoms with Crippen LogP contribution in [0.5, 0.6) is 11.5 Å². The number of halogens is 1. The molecule has 146 valence electrons. The number of nitro groups is 1. The maximum absolute atomic E-state index is 13.0. The van der Waals surface area contributed by atoms with E-state index in [0.29, 0.717) is 43.6 Å². The number of non-ortho nitro benzene ring substituents is 1. The fourth-order valence-corrected chi connectivity index (χ4v) is 3.41. The Kier molecular flexibility index (Phi) is 5.23. The molecule has 2 aliphatic rings. The van der Waals surface area contributed by atoms with Crippen LogP contribution in [-0.2, 0) is 4.74 Å². The van der Waals surface area contributed by atoms with Gasteiger partial charge < -0.3 is 14.2 Å². The maximum Gasteiger partial charge on any atom is 0.270 e. The number of nitrogens with zero attached hydrogens (tertiary/aromatic N) is 2. The van der Waals surface area contributed by atoms with E-state index in [1.165, 1.54) is 18.2 Å². The topological polar surface area (TPSA) is 74.1 Å². The molecule has 0 radical (unpaired) electrons. The molecule has 0 unspecified atom stereocenters. The molecule has 28 heavy (non-hydrogen) atoms. The van der Waals surface area contributed by atoms with Crippen molar-refractivity contribution < 1.29 is 23.5 Å². The molecule has 2 aromatic rings. The second kappa shape index (κ2) is 7.95. The van der Waals surface area contributed by atoms with E-state index in [9.17, 15) is 14.5 Å². The Balaban J connectivity index is 1.57. The van der Waals surface area contributed by atoms with Crippen LogP contribution in [0.1, 0.15) is 11.6 Å². The molecule has 1 saturated heterocycles. The zero-order valence-corrected chi connectivity index (χ0v) is 15.0. The lowest BCUT2D eigenvalue weighted by atomic mass is 10.0. The fraction of sp³-hybridized carbons (Fsp3) is 0.300. The van der Waals surface area contributed by atoms with Crippen LogP contribution in [0.3, 0.4) is 0 Å². The molecule has 4 rings (SSSR count). The summed E-state index contributed by atoms with van der Waals surface area (Å²) in [5, 5.41) is 11.2. The predicted molar refractivity (Wildman–Crippen MR) is 98.8 cm³/mol. The zero-order chi connectivity index (χ0) is 19.5. The van der Waals surface area contributed by atoms with Crippen LogP contribution in [0.4, 0.5) is 10.1 Å². The highest BCUT2D eigenvalue weighted by molar-refractivity contribution is 5.51. The molecular formula is C20H19FN2O5. The number of hydrogen-bond donors (Lipinski definition) is 0. The normalized spacial score (nSPS) is 20.6. The second-order valence-corrected chi connectivity index (χ2v) is 6.50. The van der Waals surface area contributed by atoms with E-state index in [1.807, 2.05) is 6.08 Å². The minimum atomic E-state index is -0.407. The fourth-order valence-electron chi connectivity index (χ4n) is 3.41. The third-order valence-corrected chi connectivity index (χ3v) is 4.76. The Bertz CT molecular complexity index is 894. The Morgan fingerprint density at radius 2 is 1.96 bits per heavy atom. The molecule has 0 aromatic heterocycles. The van der Waals surface area contributed by atoms with Crippen molar-refractivity contribution in [3.63, 3.8) is 0 Å². The summed E-state index contributed by atoms with van der Waals surface area (Å²) in [6.45, 7) is 2.83. The molecule has 7 nitrogen and oxygen atoms in total. The molecule has 2 aromatic carbocycles. The van der Waals surface area contributed by atoms with E-state index in [1.54, 1.807) is 24.3 Å². The number of fused-ring (bicyclic) bond motifs is 1. The van der Waals surface area contributed by atoms with Crippen LogP contribution >= 0.6 is 0 Å². The van der Waals surface area contributed by atoms with Crippen molar-refractivity contribution in [2.24, 2.45) is 0 Å². The van der Waals surface area contributed by atoms with Crippen LogP contribution in [-0.4, -0.2) is 42.7 Å². The van der Waals surface area contributed by atoms with Crippen LogP contribution < -0.4 is 9.47 Å². The van der Waals surface area contributed by atoms with Gasteiger partial charge in [0.2, 0.25) is 0 Å². The van der Waals surface area contributed by atoms with E-state index in [0.717, 1.165) is 5.56 Å². The molecule has 0 saturated carbocycles. The summed E-state index contributed by atoms with van der Waals surface area (Å²) in [6, 6.07) is 10.2. The number of nitro benzene ring substituents is 1. The van der Waals surface area contributed by atoms with Gasteiger partial charge in [-0.05, 0) is 36.4 Å². The molecule has 0 spiro atoms. The third kappa shape index (κ3) is 3.83. The van der Waals surface area contributed by atoms with Gasteiger partial charge in [0.25, 0.3) is 5.69 Å². The molecule has 1 fully saturated rings. The number of ether oxygens (including phenoxy) is 3. The van der Waals surface area contributed by atoms with E-state index < -0.39 is 4.92 Å². The molecule has 2 aliphatic heterocycles. The lowest BCUT2D eigenvalue weighted by Crippen LogP contribution is -2.39. The third-order valence-electron chi connectivity index (χ3n) is 4.76. The monoisotopic (exact) mass is 386 g/mol. The Labute approximate surface area is 161 Å². The van der Waals surface area contributed by atoms with E-state index in [4.69, 9.17) is 14.2 Å². The van der Waals surface area contributed by atoms with Gasteiger partial charge in [-0.15, -0.1) is 0 Å². The number of benzene rings is 2. The predicted octanol–water partition coefficient (Wildman–Crippen LogP) is 3.46. The van der Waals surface area contributed by atoms with Gasteiger partial charge in [-0.25, -0.2) is 4.39 Å². The molecule has 8 heteroatoms. The van der Waals surface area contributed by atoms with Crippen molar-refractivity contribution in [2.75, 3.05) is 32.9 Å². The molecule has 2 heterocycles. The van der Waals surface area contributed by atoms with Gasteiger partial charge in [0, 0.05) is 30.8 Å². The first kappa shape index (κ1) is 18.4. The molecule has 0 bridgehead atoms. The average Bonchev–Trinajstić information content (AvgIpc) is 3.07. The van der Waals surface area contributed by atoms with Crippen molar-refractivity contribution in [3.05, 3.63) is 75.8 Å². The number of hydrogen-bond acceptors (Lipinski definition) is 6. The van der Waals surface area contributed by atoms with Gasteiger partial charge in [-0.2, -0.15) is 0 Å². The Morgan fingerprint density at radius 3 is 2.68 bits per heavy atom. The lowest BCUT2D eigenvalue weighted by molar-refractivity contribution is -0.384. The minimum absolute atomic E-state index is 0.0319. The largest absolute Gasteiger partial charge is 0.489 e. The number of morpholine rings is 1. The van der Waals surface area contributed by atoms with Crippen molar-refractivity contribution in [1.29, 1.82) is 0 Å². The highest BCUT2D eigenvalue weighted by Gasteiger charge is 2.36. The maximum atomic E-state index is 13.0. The van der Waals surface area contributed by atoms with Crippen LogP contribution in [0.25, 0.3) is 0 Å². The highest BCUT2D eigenvalue weighted by Crippen LogP contribution is 2.44. The first-order chi connectivity index (χ1) is 13.6. The average molecular weight is 386 g/mol. The minimum Gasteiger partial charge on any atom is -0.489 e. The van der Waals surface area contributed by atoms with E-state index >= 15 is 0 Å². The van der Waals surface area contributed by atoms with Gasteiger partial charge in [-0.1, -0.05) is 0 Å². The summed E-state index contributed by atoms with van der Waals surface area (Å²) in [5.41, 5.74) is 0.800. The van der Waals surface area contributed by atoms with Gasteiger partial charge in [0.1, 0.15) is 29.7 Å². The molecule has 0 amide bonds. The van der Waals surface area contributed by atoms with Crippen molar-refractivity contribution >= 4 is 5.69 Å². The Hall–Kier alpha value is -2.97. The first-order valence-corrected chi connectivity index (χ1v) is 8.98. The first-order valence-electron chi connectivity index (χ1n) is 8.98. The van der Waals surface area contributed by atoms with Crippen molar-refractivity contribution in [1.82, 2.24) is 4.90 Å². The second-order valence-electron chi connectivity index (χ2n) is 6.50. The van der Waals surface area contributed by atoms with Crippen LogP contribution in [0.2, 0.25) is 0 Å². The SMILES string of the molecule is O=[N+]([O-])c1ccc2c(c1)[C@H](N1CCOCC1)/C(=C\COc1ccc(F)cc1)O2. The van der Waals surface area contributed by atoms with Gasteiger partial charge in [0.15, 0.2) is 0 Å². The standard InChI is InChI=1S/C20H19FN2O5/c21-14-1-4-16(5-2-14)27-10-7-19-20(22-8-11-26-12-9-22)17-13-15(23(24)25)3-6-18(17)28-19/h1-7,13,20H,8-12H2/b19-7+/t20-/m0/s1. The summed E-state index contributed by atoms with van der Waals surface area (Å²) in [4.78, 5) is 13.0. The molecular weight excluding hydrogens is 367 g/mol. The summed E-state index contributed by atoms with van der Waals surface area (Å²) in [7, 11) is 0. The van der Waals surface area contributed by atoms with Gasteiger partial charge >= 0.3 is 0 Å². The summed E-state index contributed by atoms with van der Waals surface area (Å²) in [6.07, 6.45) is 1.81. The van der Waals surface area contributed by atoms with Crippen LogP contribution in [0, 0.1) is 15.9 Å². The van der Waals surface area contributed by atoms with Crippen LogP contribution in [0.15, 0.2) is 54.3 Å². The summed E-state index contributed by atoms with van der Waals surface area (Å²) < 4.78 is 30.1. The molecule has 1 atom stereocenters. The molecule has 0 aliphatic carbocycles. The summed E-state index contributed by atoms with van der Waals surface area (Å²) in [5.74, 6) is 1.50. The van der Waals surface area contributed by atoms with E-state index in [-0.39, 0.29) is 24.2 Å². The smallest absolute Gasteiger partial charge is 0.270 e. The summed E-state index contributed by atoms with van der Waals surface area (Å²) >= 11 is 0.